The van der Waals surface area contributed by atoms with Crippen molar-refractivity contribution in [3.63, 3.8) is 0 Å². The third-order valence-electron chi connectivity index (χ3n) is 2.53. The molecule has 1 unspecified atom stereocenters. The summed E-state index contributed by atoms with van der Waals surface area (Å²) in [5, 5.41) is 4.10. The van der Waals surface area contributed by atoms with Gasteiger partial charge in [-0.15, -0.1) is 0 Å². The Bertz CT molecular complexity index is 302. The number of pyridine rings is 1. The second kappa shape index (κ2) is 7.55. The predicted molar refractivity (Wildman–Crippen MR) is 74.1 cm³/mol. The Balaban J connectivity index is 2.56. The van der Waals surface area contributed by atoms with Crippen LogP contribution in [0.15, 0.2) is 18.3 Å². The minimum Gasteiger partial charge on any atom is -0.370 e. The van der Waals surface area contributed by atoms with Crippen LogP contribution in [0, 0.1) is 0 Å². The van der Waals surface area contributed by atoms with E-state index in [4.69, 9.17) is 0 Å². The molecule has 0 amide bonds. The Morgan fingerprint density at radius 2 is 2.25 bits per heavy atom. The molecule has 0 aromatic carbocycles. The summed E-state index contributed by atoms with van der Waals surface area (Å²) in [6.07, 6.45) is 4.21. The standard InChI is InChI=1S/C13H22N2S/c1-4-8-14-13-12(7-6-9-15-13)10-16-11(3)5-2/h6-7,9,11H,4-5,8,10H2,1-3H3,(H,14,15). The lowest BCUT2D eigenvalue weighted by molar-refractivity contribution is 0.904. The predicted octanol–water partition coefficient (Wildman–Crippen LogP) is 3.94. The highest BCUT2D eigenvalue weighted by Crippen LogP contribution is 2.23. The van der Waals surface area contributed by atoms with Crippen LogP contribution in [0.4, 0.5) is 5.82 Å². The SMILES string of the molecule is CCCNc1ncccc1CSC(C)CC. The van der Waals surface area contributed by atoms with E-state index in [1.165, 1.54) is 12.0 Å². The molecule has 0 bridgehead atoms. The third-order valence-corrected chi connectivity index (χ3v) is 3.91. The molecule has 0 radical (unpaired) electrons. The van der Waals surface area contributed by atoms with E-state index in [2.05, 4.69) is 37.1 Å². The van der Waals surface area contributed by atoms with Gasteiger partial charge in [-0.1, -0.05) is 26.8 Å². The first-order valence-electron chi connectivity index (χ1n) is 6.07. The molecule has 16 heavy (non-hydrogen) atoms. The summed E-state index contributed by atoms with van der Waals surface area (Å²) >= 11 is 2.00. The number of aromatic nitrogens is 1. The van der Waals surface area contributed by atoms with Gasteiger partial charge in [-0.25, -0.2) is 4.98 Å². The first-order valence-corrected chi connectivity index (χ1v) is 7.12. The van der Waals surface area contributed by atoms with Gasteiger partial charge in [0.15, 0.2) is 0 Å². The quantitative estimate of drug-likeness (QED) is 0.779. The highest BCUT2D eigenvalue weighted by Gasteiger charge is 2.05. The Labute approximate surface area is 103 Å². The molecule has 0 spiro atoms. The zero-order valence-electron chi connectivity index (χ0n) is 10.5. The monoisotopic (exact) mass is 238 g/mol. The number of nitrogens with one attached hydrogen (secondary N) is 1. The minimum atomic E-state index is 0.722. The normalized spacial score (nSPS) is 12.4. The molecule has 3 heteroatoms. The molecule has 1 atom stereocenters. The van der Waals surface area contributed by atoms with Gasteiger partial charge in [0.2, 0.25) is 0 Å². The van der Waals surface area contributed by atoms with Crippen molar-refractivity contribution < 1.29 is 0 Å². The summed E-state index contributed by atoms with van der Waals surface area (Å²) in [6.45, 7) is 7.68. The van der Waals surface area contributed by atoms with Crippen LogP contribution in [0.5, 0.6) is 0 Å². The van der Waals surface area contributed by atoms with E-state index in [-0.39, 0.29) is 0 Å². The van der Waals surface area contributed by atoms with Crippen LogP contribution in [0.1, 0.15) is 39.2 Å². The van der Waals surface area contributed by atoms with Crippen LogP contribution in [0.3, 0.4) is 0 Å². The number of hydrogen-bond donors (Lipinski definition) is 1. The maximum atomic E-state index is 4.40. The van der Waals surface area contributed by atoms with Crippen molar-refractivity contribution in [2.75, 3.05) is 11.9 Å². The third kappa shape index (κ3) is 4.44. The maximum absolute atomic E-state index is 4.40. The Hall–Kier alpha value is -0.700. The first-order chi connectivity index (χ1) is 7.77. The molecule has 0 aliphatic heterocycles. The second-order valence-electron chi connectivity index (χ2n) is 3.97. The molecule has 2 nitrogen and oxygen atoms in total. The van der Waals surface area contributed by atoms with Crippen LogP contribution in [-0.2, 0) is 5.75 Å². The molecular formula is C13H22N2S. The van der Waals surface area contributed by atoms with Crippen molar-refractivity contribution in [3.05, 3.63) is 23.9 Å². The van der Waals surface area contributed by atoms with E-state index >= 15 is 0 Å². The van der Waals surface area contributed by atoms with Crippen molar-refractivity contribution in [2.45, 2.75) is 44.6 Å². The van der Waals surface area contributed by atoms with Crippen molar-refractivity contribution in [2.24, 2.45) is 0 Å². The zero-order valence-corrected chi connectivity index (χ0v) is 11.3. The van der Waals surface area contributed by atoms with Gasteiger partial charge >= 0.3 is 0 Å². The summed E-state index contributed by atoms with van der Waals surface area (Å²) in [4.78, 5) is 4.40. The molecule has 0 aliphatic rings. The van der Waals surface area contributed by atoms with Gasteiger partial charge in [-0.05, 0) is 18.9 Å². The molecule has 90 valence electrons. The lowest BCUT2D eigenvalue weighted by Gasteiger charge is -2.12. The second-order valence-corrected chi connectivity index (χ2v) is 5.39. The lowest BCUT2D eigenvalue weighted by Crippen LogP contribution is -2.05. The van der Waals surface area contributed by atoms with Crippen molar-refractivity contribution in [3.8, 4) is 0 Å². The fourth-order valence-electron chi connectivity index (χ4n) is 1.31. The first kappa shape index (κ1) is 13.4. The topological polar surface area (TPSA) is 24.9 Å². The summed E-state index contributed by atoms with van der Waals surface area (Å²) in [5.41, 5.74) is 1.32. The van der Waals surface area contributed by atoms with E-state index in [0.29, 0.717) is 0 Å². The van der Waals surface area contributed by atoms with E-state index in [1.54, 1.807) is 0 Å². The Morgan fingerprint density at radius 1 is 1.44 bits per heavy atom. The van der Waals surface area contributed by atoms with E-state index in [0.717, 1.165) is 29.8 Å². The number of thioether (sulfide) groups is 1. The molecule has 1 N–H and O–H groups in total. The van der Waals surface area contributed by atoms with Gasteiger partial charge in [0.1, 0.15) is 5.82 Å². The van der Waals surface area contributed by atoms with Gasteiger partial charge in [0, 0.05) is 29.3 Å². The minimum absolute atomic E-state index is 0.722. The van der Waals surface area contributed by atoms with Gasteiger partial charge < -0.3 is 5.32 Å². The molecule has 0 fully saturated rings. The lowest BCUT2D eigenvalue weighted by atomic mass is 10.3. The van der Waals surface area contributed by atoms with Gasteiger partial charge in [0.25, 0.3) is 0 Å². The average molecular weight is 238 g/mol. The maximum Gasteiger partial charge on any atom is 0.129 e. The molecule has 1 heterocycles. The summed E-state index contributed by atoms with van der Waals surface area (Å²) in [7, 11) is 0. The summed E-state index contributed by atoms with van der Waals surface area (Å²) in [6, 6.07) is 4.18. The average Bonchev–Trinajstić information content (AvgIpc) is 2.34. The van der Waals surface area contributed by atoms with Gasteiger partial charge in [-0.2, -0.15) is 11.8 Å². The molecule has 1 aromatic rings. The van der Waals surface area contributed by atoms with Crippen LogP contribution < -0.4 is 5.32 Å². The van der Waals surface area contributed by atoms with Crippen LogP contribution >= 0.6 is 11.8 Å². The summed E-state index contributed by atoms with van der Waals surface area (Å²) < 4.78 is 0. The smallest absolute Gasteiger partial charge is 0.129 e. The fraction of sp³-hybridized carbons (Fsp3) is 0.615. The zero-order chi connectivity index (χ0) is 11.8. The highest BCUT2D eigenvalue weighted by molar-refractivity contribution is 7.99. The van der Waals surface area contributed by atoms with Crippen molar-refractivity contribution >= 4 is 17.6 Å². The molecular weight excluding hydrogens is 216 g/mol. The van der Waals surface area contributed by atoms with Gasteiger partial charge in [0.05, 0.1) is 0 Å². The highest BCUT2D eigenvalue weighted by atomic mass is 32.2. The number of anilines is 1. The number of nitrogens with zero attached hydrogens (tertiary/aromatic N) is 1. The van der Waals surface area contributed by atoms with E-state index < -0.39 is 0 Å². The van der Waals surface area contributed by atoms with Crippen molar-refractivity contribution in [1.29, 1.82) is 0 Å². The molecule has 1 rings (SSSR count). The molecule has 0 saturated carbocycles. The Morgan fingerprint density at radius 3 is 2.94 bits per heavy atom. The number of rotatable bonds is 7. The van der Waals surface area contributed by atoms with Crippen LogP contribution in [0.25, 0.3) is 0 Å². The van der Waals surface area contributed by atoms with E-state index in [1.807, 2.05) is 24.0 Å². The Kier molecular flexibility index (Phi) is 6.31. The van der Waals surface area contributed by atoms with E-state index in [9.17, 15) is 0 Å². The van der Waals surface area contributed by atoms with Crippen molar-refractivity contribution in [1.82, 2.24) is 4.98 Å². The van der Waals surface area contributed by atoms with Crippen LogP contribution in [-0.4, -0.2) is 16.8 Å². The fourth-order valence-corrected chi connectivity index (χ4v) is 2.24. The largest absolute Gasteiger partial charge is 0.370 e. The number of hydrogen-bond acceptors (Lipinski definition) is 3. The molecule has 0 saturated heterocycles. The molecule has 1 aromatic heterocycles. The summed E-state index contributed by atoms with van der Waals surface area (Å²) in [5.74, 6) is 2.11. The van der Waals surface area contributed by atoms with Gasteiger partial charge in [-0.3, -0.25) is 0 Å². The molecule has 0 aliphatic carbocycles. The van der Waals surface area contributed by atoms with Crippen LogP contribution in [0.2, 0.25) is 0 Å².